The van der Waals surface area contributed by atoms with Crippen molar-refractivity contribution in [3.05, 3.63) is 153 Å². The van der Waals surface area contributed by atoms with Gasteiger partial charge in [-0.05, 0) is 22.3 Å². The highest BCUT2D eigenvalue weighted by molar-refractivity contribution is 5.82. The third-order valence-corrected chi connectivity index (χ3v) is 9.37. The molecule has 4 aromatic rings. The maximum absolute atomic E-state index is 14.6. The molecule has 4 aromatic carbocycles. The number of nitrogens with zero attached hydrogens (tertiary/aromatic N) is 2. The van der Waals surface area contributed by atoms with Crippen molar-refractivity contribution in [1.29, 1.82) is 0 Å². The lowest BCUT2D eigenvalue weighted by Crippen LogP contribution is -2.62. The Hall–Kier alpha value is -4.34. The molecule has 0 radical (unpaired) electrons. The van der Waals surface area contributed by atoms with Gasteiger partial charge >= 0.3 is 0 Å². The Kier molecular flexibility index (Phi) is 9.09. The molecule has 45 heavy (non-hydrogen) atoms. The van der Waals surface area contributed by atoms with Crippen molar-refractivity contribution in [1.82, 2.24) is 10.6 Å². The predicted molar refractivity (Wildman–Crippen MR) is 173 cm³/mol. The third-order valence-electron chi connectivity index (χ3n) is 9.37. The quantitative estimate of drug-likeness (QED) is 0.199. The largest absolute Gasteiger partial charge is 0.632 e. The molecule has 0 saturated carbocycles. The van der Waals surface area contributed by atoms with Crippen molar-refractivity contribution < 1.29 is 18.9 Å². The summed E-state index contributed by atoms with van der Waals surface area (Å²) in [5.74, 6) is -0.557. The van der Waals surface area contributed by atoms with Gasteiger partial charge in [0, 0.05) is 43.5 Å². The maximum Gasteiger partial charge on any atom is 0.279 e. The zero-order chi connectivity index (χ0) is 31.3. The van der Waals surface area contributed by atoms with E-state index in [1.807, 2.05) is 109 Å². The molecule has 0 bridgehead atoms. The maximum atomic E-state index is 14.6. The summed E-state index contributed by atoms with van der Waals surface area (Å²) in [6, 6.07) is 33.2. The molecule has 0 spiro atoms. The van der Waals surface area contributed by atoms with Crippen LogP contribution in [0, 0.1) is 10.4 Å². The number of nitrogens with one attached hydrogen (secondary N) is 2. The van der Waals surface area contributed by atoms with E-state index in [4.69, 9.17) is 0 Å². The summed E-state index contributed by atoms with van der Waals surface area (Å²) in [7, 11) is 0. The monoisotopic (exact) mass is 604 g/mol. The second kappa shape index (κ2) is 13.3. The summed E-state index contributed by atoms with van der Waals surface area (Å²) in [6.45, 7) is 1.25. The average Bonchev–Trinajstić information content (AvgIpc) is 3.06. The van der Waals surface area contributed by atoms with Gasteiger partial charge in [0.05, 0.1) is 13.1 Å². The van der Waals surface area contributed by atoms with Crippen molar-refractivity contribution in [3.8, 4) is 0 Å². The third kappa shape index (κ3) is 7.00. The van der Waals surface area contributed by atoms with Gasteiger partial charge in [-0.25, -0.2) is 0 Å². The molecular formula is C37H40N4O4. The lowest BCUT2D eigenvalue weighted by Gasteiger charge is -2.53. The van der Waals surface area contributed by atoms with E-state index >= 15 is 0 Å². The fourth-order valence-corrected chi connectivity index (χ4v) is 6.86. The zero-order valence-electron chi connectivity index (χ0n) is 25.4. The molecule has 2 amide bonds. The first kappa shape index (κ1) is 30.7. The number of fused-ring (bicyclic) bond motifs is 2. The van der Waals surface area contributed by atoms with Crippen molar-refractivity contribution in [2.45, 2.75) is 57.5 Å². The summed E-state index contributed by atoms with van der Waals surface area (Å²) >= 11 is 0. The Labute approximate surface area is 264 Å². The van der Waals surface area contributed by atoms with Gasteiger partial charge in [-0.2, -0.15) is 0 Å². The molecule has 232 valence electrons. The van der Waals surface area contributed by atoms with E-state index in [1.165, 1.54) is 0 Å². The van der Waals surface area contributed by atoms with E-state index in [1.54, 1.807) is 0 Å². The number of hydroxylamine groups is 6. The van der Waals surface area contributed by atoms with Gasteiger partial charge in [-0.1, -0.05) is 109 Å². The molecule has 0 aliphatic carbocycles. The van der Waals surface area contributed by atoms with Gasteiger partial charge < -0.3 is 30.3 Å². The summed E-state index contributed by atoms with van der Waals surface area (Å²) in [5.41, 5.74) is 5.83. The Balaban J connectivity index is 1.18. The van der Waals surface area contributed by atoms with Crippen LogP contribution in [-0.2, 0) is 48.6 Å². The van der Waals surface area contributed by atoms with Crippen molar-refractivity contribution in [2.24, 2.45) is 0 Å². The van der Waals surface area contributed by atoms with Crippen LogP contribution in [0.25, 0.3) is 0 Å². The zero-order valence-corrected chi connectivity index (χ0v) is 25.4. The predicted octanol–water partition coefficient (Wildman–Crippen LogP) is 4.89. The van der Waals surface area contributed by atoms with E-state index < -0.39 is 21.4 Å². The van der Waals surface area contributed by atoms with Crippen molar-refractivity contribution in [3.63, 3.8) is 0 Å². The number of benzene rings is 4. The molecule has 0 saturated heterocycles. The number of quaternary nitrogens is 2. The smallest absolute Gasteiger partial charge is 0.279 e. The number of hydrogen-bond acceptors (Lipinski definition) is 4. The molecule has 4 atom stereocenters. The first-order valence-electron chi connectivity index (χ1n) is 15.8. The van der Waals surface area contributed by atoms with Crippen LogP contribution in [-0.4, -0.2) is 46.3 Å². The number of rotatable bonds is 10. The number of carbonyl (C=O) groups excluding carboxylic acids is 2. The van der Waals surface area contributed by atoms with Gasteiger partial charge in [0.2, 0.25) is 0 Å². The van der Waals surface area contributed by atoms with E-state index in [2.05, 4.69) is 10.6 Å². The molecule has 0 aromatic heterocycles. The molecule has 2 unspecified atom stereocenters. The van der Waals surface area contributed by atoms with Crippen molar-refractivity contribution >= 4 is 11.8 Å². The van der Waals surface area contributed by atoms with E-state index in [-0.39, 0.29) is 38.0 Å². The number of hydrogen-bond donors (Lipinski definition) is 2. The molecule has 8 heteroatoms. The SMILES string of the molecule is O=C(NCc1ccccc1)[C@@H]1Cc2ccccc2C[N+]1([O-])CCC[N+]1([O-])Cc2ccccc2C[C@H]1C(=O)NCc1ccccc1. The standard InChI is InChI=1S/C37H40N4O4/c42-36(38-24-28-12-3-1-4-13-28)34-22-30-16-7-9-18-32(30)26-40(34,44)20-11-21-41(45)27-33-19-10-8-17-31(33)23-35(41)37(43)39-25-29-14-5-2-6-15-29/h1-10,12-19,34-35H,11,20-27H2,(H,38,42)(H,39,43)/t34-,35-,40?,41?/m0/s1. The second-order valence-corrected chi connectivity index (χ2v) is 12.4. The van der Waals surface area contributed by atoms with Gasteiger partial charge in [-0.3, -0.25) is 9.59 Å². The summed E-state index contributed by atoms with van der Waals surface area (Å²) in [6.07, 6.45) is 0.980. The van der Waals surface area contributed by atoms with Crippen LogP contribution in [0.4, 0.5) is 0 Å². The topological polar surface area (TPSA) is 104 Å². The highest BCUT2D eigenvalue weighted by atomic mass is 16.6. The average molecular weight is 605 g/mol. The van der Waals surface area contributed by atoms with Gasteiger partial charge in [0.1, 0.15) is 13.1 Å². The van der Waals surface area contributed by atoms with Crippen LogP contribution in [0.1, 0.15) is 39.8 Å². The van der Waals surface area contributed by atoms with Crippen LogP contribution < -0.4 is 10.6 Å². The molecule has 8 nitrogen and oxygen atoms in total. The fourth-order valence-electron chi connectivity index (χ4n) is 6.86. The molecule has 0 fully saturated rings. The van der Waals surface area contributed by atoms with Crippen LogP contribution in [0.3, 0.4) is 0 Å². The summed E-state index contributed by atoms with van der Waals surface area (Å²) in [4.78, 5) is 27.1. The Morgan fingerprint density at radius 3 is 1.31 bits per heavy atom. The molecule has 2 N–H and O–H groups in total. The highest BCUT2D eigenvalue weighted by Gasteiger charge is 2.43. The minimum atomic E-state index is -0.823. The van der Waals surface area contributed by atoms with Crippen LogP contribution in [0.15, 0.2) is 109 Å². The molecule has 2 aliphatic heterocycles. The molecule has 2 aliphatic rings. The second-order valence-electron chi connectivity index (χ2n) is 12.4. The van der Waals surface area contributed by atoms with Gasteiger partial charge in [-0.15, -0.1) is 0 Å². The molecular weight excluding hydrogens is 564 g/mol. The lowest BCUT2D eigenvalue weighted by molar-refractivity contribution is -0.929. The lowest BCUT2D eigenvalue weighted by atomic mass is 9.91. The number of carbonyl (C=O) groups is 2. The normalized spacial score (nSPS) is 23.8. The summed E-state index contributed by atoms with van der Waals surface area (Å²) < 4.78 is -1.45. The van der Waals surface area contributed by atoms with E-state index in [0.29, 0.717) is 32.4 Å². The fraction of sp³-hybridized carbons (Fsp3) is 0.297. The number of amides is 2. The van der Waals surface area contributed by atoms with Crippen LogP contribution in [0.2, 0.25) is 0 Å². The first-order valence-corrected chi connectivity index (χ1v) is 15.8. The minimum Gasteiger partial charge on any atom is -0.632 e. The molecule has 6 rings (SSSR count). The van der Waals surface area contributed by atoms with Gasteiger partial charge in [0.25, 0.3) is 11.8 Å². The Bertz CT molecular complexity index is 1510. The summed E-state index contributed by atoms with van der Waals surface area (Å²) in [5, 5.41) is 35.1. The van der Waals surface area contributed by atoms with Crippen molar-refractivity contribution in [2.75, 3.05) is 13.1 Å². The van der Waals surface area contributed by atoms with E-state index in [9.17, 15) is 20.0 Å². The van der Waals surface area contributed by atoms with Crippen LogP contribution in [0.5, 0.6) is 0 Å². The highest BCUT2D eigenvalue weighted by Crippen LogP contribution is 2.33. The Morgan fingerprint density at radius 2 is 0.911 bits per heavy atom. The van der Waals surface area contributed by atoms with E-state index in [0.717, 1.165) is 33.4 Å². The molecule has 2 heterocycles. The minimum absolute atomic E-state index is 0.111. The van der Waals surface area contributed by atoms with Gasteiger partial charge in [0.15, 0.2) is 12.1 Å². The first-order chi connectivity index (χ1) is 21.8. The Morgan fingerprint density at radius 1 is 0.556 bits per heavy atom. The van der Waals surface area contributed by atoms with Crippen LogP contribution >= 0.6 is 0 Å².